The molecule has 0 saturated heterocycles. The van der Waals surface area contributed by atoms with Crippen LogP contribution in [-0.4, -0.2) is 35.8 Å². The molecule has 0 unspecified atom stereocenters. The molecule has 0 spiro atoms. The first kappa shape index (κ1) is 30.1. The van der Waals surface area contributed by atoms with Crippen LogP contribution in [0.25, 0.3) is 11.1 Å². The molecule has 0 fully saturated rings. The molecule has 4 aromatic rings. The van der Waals surface area contributed by atoms with E-state index >= 15 is 0 Å². The average Bonchev–Trinajstić information content (AvgIpc) is 3.46. The van der Waals surface area contributed by atoms with Crippen LogP contribution in [0.5, 0.6) is 11.5 Å². The van der Waals surface area contributed by atoms with E-state index in [4.69, 9.17) is 9.47 Å². The van der Waals surface area contributed by atoms with Crippen LogP contribution in [0, 0.1) is 41.5 Å². The summed E-state index contributed by atoms with van der Waals surface area (Å²) in [5.74, 6) is -3.92. The molecule has 0 bridgehead atoms. The van der Waals surface area contributed by atoms with Crippen molar-refractivity contribution in [2.24, 2.45) is 0 Å². The Balaban J connectivity index is 1.29. The molecule has 4 aromatic carbocycles. The topological polar surface area (TPSA) is 139 Å². The van der Waals surface area contributed by atoms with Crippen molar-refractivity contribution in [2.45, 2.75) is 41.5 Å². The van der Waals surface area contributed by atoms with Crippen LogP contribution in [0.1, 0.15) is 95.5 Å². The van der Waals surface area contributed by atoms with Gasteiger partial charge in [0, 0.05) is 0 Å². The van der Waals surface area contributed by atoms with Crippen LogP contribution in [0.4, 0.5) is 0 Å². The molecule has 0 aliphatic carbocycles. The van der Waals surface area contributed by atoms with E-state index in [1.165, 1.54) is 36.4 Å². The number of hydrogen-bond acceptors (Lipinski definition) is 10. The Morgan fingerprint density at radius 2 is 1.02 bits per heavy atom. The monoisotopic (exact) mass is 618 g/mol. The molecule has 10 heteroatoms. The summed E-state index contributed by atoms with van der Waals surface area (Å²) in [5.41, 5.74) is 7.00. The first-order chi connectivity index (χ1) is 21.8. The molecule has 0 amide bonds. The molecule has 0 N–H and O–H groups in total. The fourth-order valence-electron chi connectivity index (χ4n) is 5.82. The molecule has 230 valence electrons. The van der Waals surface area contributed by atoms with Gasteiger partial charge in [0.05, 0.1) is 33.4 Å². The van der Waals surface area contributed by atoms with Gasteiger partial charge in [0.25, 0.3) is 0 Å². The van der Waals surface area contributed by atoms with Crippen molar-refractivity contribution in [3.8, 4) is 22.6 Å². The van der Waals surface area contributed by atoms with E-state index < -0.39 is 35.8 Å². The summed E-state index contributed by atoms with van der Waals surface area (Å²) in [6, 6.07) is 12.0. The number of carbonyl (C=O) groups is 6. The highest BCUT2D eigenvalue weighted by molar-refractivity contribution is 6.16. The highest BCUT2D eigenvalue weighted by Crippen LogP contribution is 2.39. The van der Waals surface area contributed by atoms with Crippen molar-refractivity contribution in [1.29, 1.82) is 0 Å². The number of aryl methyl sites for hydroxylation is 2. The molecule has 0 saturated carbocycles. The molecule has 0 radical (unpaired) electrons. The Morgan fingerprint density at radius 3 is 1.65 bits per heavy atom. The lowest BCUT2D eigenvalue weighted by atomic mass is 9.86. The van der Waals surface area contributed by atoms with E-state index in [1.807, 2.05) is 46.8 Å². The van der Waals surface area contributed by atoms with Gasteiger partial charge < -0.3 is 18.9 Å². The van der Waals surface area contributed by atoms with Gasteiger partial charge in [-0.1, -0.05) is 6.07 Å². The number of carbonyl (C=O) groups excluding carboxylic acids is 6. The molecule has 10 nitrogen and oxygen atoms in total. The summed E-state index contributed by atoms with van der Waals surface area (Å²) in [5, 5.41) is 0. The summed E-state index contributed by atoms with van der Waals surface area (Å²) in [6.45, 7) is 11.1. The molecular formula is C36H26O10. The summed E-state index contributed by atoms with van der Waals surface area (Å²) in [7, 11) is 0. The molecule has 46 heavy (non-hydrogen) atoms. The van der Waals surface area contributed by atoms with Crippen LogP contribution in [0.15, 0.2) is 48.5 Å². The SMILES string of the molecule is Cc1cc(-c2cc(C)c(C(=O)Oc3ccc4c(c3)C(=O)OC4=O)c(C)c2C)c(C)c(C)c1OC(=O)c1ccc2c(c1)C(=O)OC2=O. The van der Waals surface area contributed by atoms with Gasteiger partial charge in [-0.3, -0.25) is 0 Å². The Labute approximate surface area is 262 Å². The third-order valence-corrected chi connectivity index (χ3v) is 8.52. The van der Waals surface area contributed by atoms with Crippen LogP contribution in [-0.2, 0) is 9.47 Å². The van der Waals surface area contributed by atoms with Crippen molar-refractivity contribution in [1.82, 2.24) is 0 Å². The minimum atomic E-state index is -0.810. The van der Waals surface area contributed by atoms with Gasteiger partial charge in [-0.25, -0.2) is 28.8 Å². The zero-order valence-electron chi connectivity index (χ0n) is 25.7. The minimum absolute atomic E-state index is 0.0152. The highest BCUT2D eigenvalue weighted by atomic mass is 16.6. The number of cyclic esters (lactones) is 4. The Morgan fingerprint density at radius 1 is 0.500 bits per heavy atom. The molecule has 0 aromatic heterocycles. The quantitative estimate of drug-likeness (QED) is 0.143. The lowest BCUT2D eigenvalue weighted by Crippen LogP contribution is -2.14. The second-order valence-electron chi connectivity index (χ2n) is 11.3. The van der Waals surface area contributed by atoms with E-state index in [2.05, 4.69) is 9.47 Å². The zero-order chi connectivity index (χ0) is 33.2. The summed E-state index contributed by atoms with van der Waals surface area (Å²) < 4.78 is 20.6. The smallest absolute Gasteiger partial charge is 0.347 e. The fraction of sp³-hybridized carbons (Fsp3) is 0.167. The highest BCUT2D eigenvalue weighted by Gasteiger charge is 2.32. The van der Waals surface area contributed by atoms with Gasteiger partial charge in [0.1, 0.15) is 11.5 Å². The summed E-state index contributed by atoms with van der Waals surface area (Å²) >= 11 is 0. The summed E-state index contributed by atoms with van der Waals surface area (Å²) in [6.07, 6.45) is 0. The normalized spacial score (nSPS) is 13.3. The van der Waals surface area contributed by atoms with Crippen molar-refractivity contribution in [3.05, 3.63) is 115 Å². The van der Waals surface area contributed by atoms with Crippen LogP contribution < -0.4 is 9.47 Å². The maximum Gasteiger partial charge on any atom is 0.347 e. The van der Waals surface area contributed by atoms with E-state index in [-0.39, 0.29) is 33.6 Å². The standard InChI is InChI=1S/C36H26O10/c1-15-11-25(17(3)19(5)29(15)36(42)43-22-8-10-24-28(14-22)35(41)46-33(24)39)26-12-16(2)30(20(6)18(26)4)44-31(37)21-7-9-23-27(13-21)34(40)45-32(23)38/h7-14H,1-6H3. The second kappa shape index (κ2) is 10.9. The lowest BCUT2D eigenvalue weighted by Gasteiger charge is -2.21. The Hall–Kier alpha value is -5.90. The van der Waals surface area contributed by atoms with E-state index in [9.17, 15) is 28.8 Å². The van der Waals surface area contributed by atoms with E-state index in [0.29, 0.717) is 28.0 Å². The Bertz CT molecular complexity index is 2120. The van der Waals surface area contributed by atoms with Gasteiger partial charge in [0.2, 0.25) is 0 Å². The fourth-order valence-corrected chi connectivity index (χ4v) is 5.82. The van der Waals surface area contributed by atoms with Crippen LogP contribution in [0.2, 0.25) is 0 Å². The Kier molecular flexibility index (Phi) is 7.15. The number of hydrogen-bond donors (Lipinski definition) is 0. The van der Waals surface area contributed by atoms with Crippen LogP contribution in [0.3, 0.4) is 0 Å². The second-order valence-corrected chi connectivity index (χ2v) is 11.3. The largest absolute Gasteiger partial charge is 0.423 e. The van der Waals surface area contributed by atoms with E-state index in [0.717, 1.165) is 27.8 Å². The third-order valence-electron chi connectivity index (χ3n) is 8.52. The van der Waals surface area contributed by atoms with Gasteiger partial charge in [-0.15, -0.1) is 0 Å². The predicted molar refractivity (Wildman–Crippen MR) is 163 cm³/mol. The molecule has 2 heterocycles. The van der Waals surface area contributed by atoms with Gasteiger partial charge in [-0.05, 0) is 129 Å². The third kappa shape index (κ3) is 4.84. The molecule has 6 rings (SSSR count). The van der Waals surface area contributed by atoms with Crippen molar-refractivity contribution in [2.75, 3.05) is 0 Å². The van der Waals surface area contributed by atoms with Crippen molar-refractivity contribution >= 4 is 35.8 Å². The molecule has 0 atom stereocenters. The van der Waals surface area contributed by atoms with Gasteiger partial charge in [0.15, 0.2) is 0 Å². The van der Waals surface area contributed by atoms with Gasteiger partial charge in [-0.2, -0.15) is 0 Å². The van der Waals surface area contributed by atoms with Crippen LogP contribution >= 0.6 is 0 Å². The predicted octanol–water partition coefficient (Wildman–Crippen LogP) is 6.26. The number of esters is 6. The number of fused-ring (bicyclic) bond motifs is 2. The summed E-state index contributed by atoms with van der Waals surface area (Å²) in [4.78, 5) is 73.9. The maximum absolute atomic E-state index is 13.3. The zero-order valence-corrected chi connectivity index (χ0v) is 25.7. The molecule has 2 aliphatic rings. The maximum atomic E-state index is 13.3. The first-order valence-corrected chi connectivity index (χ1v) is 14.2. The van der Waals surface area contributed by atoms with E-state index in [1.54, 1.807) is 6.92 Å². The first-order valence-electron chi connectivity index (χ1n) is 14.2. The van der Waals surface area contributed by atoms with Crippen molar-refractivity contribution in [3.63, 3.8) is 0 Å². The minimum Gasteiger partial charge on any atom is -0.423 e. The number of benzene rings is 4. The number of ether oxygens (including phenoxy) is 4. The average molecular weight is 619 g/mol. The molecular weight excluding hydrogens is 592 g/mol. The van der Waals surface area contributed by atoms with Gasteiger partial charge >= 0.3 is 35.8 Å². The van der Waals surface area contributed by atoms with Crippen molar-refractivity contribution < 1.29 is 47.7 Å². The lowest BCUT2D eigenvalue weighted by molar-refractivity contribution is 0.0425. The number of rotatable bonds is 5. The molecule has 2 aliphatic heterocycles.